The number of halogens is 1. The van der Waals surface area contributed by atoms with Gasteiger partial charge in [0.05, 0.1) is 6.21 Å². The Morgan fingerprint density at radius 1 is 0.955 bits per heavy atom. The van der Waals surface area contributed by atoms with Gasteiger partial charge in [0.25, 0.3) is 5.91 Å². The van der Waals surface area contributed by atoms with Gasteiger partial charge in [-0.1, -0.05) is 60.1 Å². The molecule has 0 aliphatic heterocycles. The summed E-state index contributed by atoms with van der Waals surface area (Å²) in [5, 5.41) is 6.58. The minimum Gasteiger partial charge on any atom is -0.267 e. The number of nitrogens with zero attached hydrogens (tertiary/aromatic N) is 1. The number of carbonyl (C=O) groups excluding carboxylic acids is 1. The summed E-state index contributed by atoms with van der Waals surface area (Å²) in [7, 11) is 0. The molecule has 0 atom stereocenters. The second-order valence-corrected chi connectivity index (χ2v) is 5.21. The van der Waals surface area contributed by atoms with Gasteiger partial charge < -0.3 is 0 Å². The van der Waals surface area contributed by atoms with Crippen LogP contribution in [-0.2, 0) is 0 Å². The SMILES string of the molecule is O=C(N/N=C/c1ccc(Cl)cc1)c1cccc2ccccc12. The molecule has 0 saturated heterocycles. The quantitative estimate of drug-likeness (QED) is 0.570. The molecular formula is C18H13ClN2O. The second-order valence-electron chi connectivity index (χ2n) is 4.78. The molecule has 0 aromatic heterocycles. The lowest BCUT2D eigenvalue weighted by atomic mass is 10.0. The number of nitrogens with one attached hydrogen (secondary N) is 1. The summed E-state index contributed by atoms with van der Waals surface area (Å²) in [6.07, 6.45) is 1.58. The summed E-state index contributed by atoms with van der Waals surface area (Å²) < 4.78 is 0. The third kappa shape index (κ3) is 3.15. The summed E-state index contributed by atoms with van der Waals surface area (Å²) in [5.74, 6) is -0.234. The molecule has 0 saturated carbocycles. The van der Waals surface area contributed by atoms with Gasteiger partial charge in [0, 0.05) is 10.6 Å². The summed E-state index contributed by atoms with van der Waals surface area (Å²) in [4.78, 5) is 12.3. The Balaban J connectivity index is 1.77. The van der Waals surface area contributed by atoms with Crippen molar-refractivity contribution in [2.45, 2.75) is 0 Å². The maximum Gasteiger partial charge on any atom is 0.271 e. The van der Waals surface area contributed by atoms with Crippen molar-refractivity contribution in [2.24, 2.45) is 5.10 Å². The van der Waals surface area contributed by atoms with Crippen LogP contribution in [0.5, 0.6) is 0 Å². The van der Waals surface area contributed by atoms with Gasteiger partial charge in [-0.15, -0.1) is 0 Å². The fourth-order valence-electron chi connectivity index (χ4n) is 2.20. The van der Waals surface area contributed by atoms with E-state index in [1.165, 1.54) is 0 Å². The topological polar surface area (TPSA) is 41.5 Å². The molecular weight excluding hydrogens is 296 g/mol. The van der Waals surface area contributed by atoms with Crippen molar-refractivity contribution in [2.75, 3.05) is 0 Å². The van der Waals surface area contributed by atoms with E-state index in [0.29, 0.717) is 10.6 Å². The van der Waals surface area contributed by atoms with Gasteiger partial charge in [-0.2, -0.15) is 5.10 Å². The van der Waals surface area contributed by atoms with Crippen molar-refractivity contribution in [3.05, 3.63) is 82.9 Å². The van der Waals surface area contributed by atoms with E-state index in [2.05, 4.69) is 10.5 Å². The number of hydrogen-bond donors (Lipinski definition) is 1. The predicted molar refractivity (Wildman–Crippen MR) is 90.5 cm³/mol. The third-order valence-electron chi connectivity index (χ3n) is 3.28. The first-order valence-corrected chi connectivity index (χ1v) is 7.18. The van der Waals surface area contributed by atoms with Gasteiger partial charge in [-0.3, -0.25) is 4.79 Å². The van der Waals surface area contributed by atoms with Crippen LogP contribution in [0.4, 0.5) is 0 Å². The van der Waals surface area contributed by atoms with Crippen LogP contribution in [-0.4, -0.2) is 12.1 Å². The average molecular weight is 309 g/mol. The van der Waals surface area contributed by atoms with Crippen LogP contribution in [0.2, 0.25) is 5.02 Å². The predicted octanol–water partition coefficient (Wildman–Crippen LogP) is 4.26. The largest absolute Gasteiger partial charge is 0.271 e. The molecule has 0 aliphatic carbocycles. The standard InChI is InChI=1S/C18H13ClN2O/c19-15-10-8-13(9-11-15)12-20-21-18(22)17-7-3-5-14-4-1-2-6-16(14)17/h1-12H,(H,21,22)/b20-12+. The number of rotatable bonds is 3. The van der Waals surface area contributed by atoms with Gasteiger partial charge in [0.1, 0.15) is 0 Å². The van der Waals surface area contributed by atoms with Crippen LogP contribution in [0.25, 0.3) is 10.8 Å². The van der Waals surface area contributed by atoms with E-state index in [1.807, 2.05) is 48.5 Å². The van der Waals surface area contributed by atoms with Crippen LogP contribution < -0.4 is 5.43 Å². The molecule has 1 N–H and O–H groups in total. The first-order chi connectivity index (χ1) is 10.7. The molecule has 22 heavy (non-hydrogen) atoms. The second kappa shape index (κ2) is 6.41. The van der Waals surface area contributed by atoms with E-state index in [0.717, 1.165) is 16.3 Å². The van der Waals surface area contributed by atoms with Crippen LogP contribution in [0.1, 0.15) is 15.9 Å². The lowest BCUT2D eigenvalue weighted by Crippen LogP contribution is -2.17. The normalized spacial score (nSPS) is 11.0. The minimum absolute atomic E-state index is 0.234. The van der Waals surface area contributed by atoms with Crippen molar-refractivity contribution in [3.8, 4) is 0 Å². The number of amides is 1. The maximum absolute atomic E-state index is 12.3. The van der Waals surface area contributed by atoms with E-state index in [-0.39, 0.29) is 5.91 Å². The number of hydrazone groups is 1. The van der Waals surface area contributed by atoms with Crippen molar-refractivity contribution < 1.29 is 4.79 Å². The minimum atomic E-state index is -0.234. The van der Waals surface area contributed by atoms with Crippen LogP contribution in [0.15, 0.2) is 71.8 Å². The molecule has 3 nitrogen and oxygen atoms in total. The number of fused-ring (bicyclic) bond motifs is 1. The highest BCUT2D eigenvalue weighted by Gasteiger charge is 2.08. The average Bonchev–Trinajstić information content (AvgIpc) is 2.56. The molecule has 1 amide bonds. The highest BCUT2D eigenvalue weighted by molar-refractivity contribution is 6.30. The lowest BCUT2D eigenvalue weighted by Gasteiger charge is -2.04. The molecule has 3 aromatic rings. The number of benzene rings is 3. The van der Waals surface area contributed by atoms with Crippen LogP contribution >= 0.6 is 11.6 Å². The van der Waals surface area contributed by atoms with Crippen molar-refractivity contribution >= 4 is 34.5 Å². The van der Waals surface area contributed by atoms with Crippen molar-refractivity contribution in [3.63, 3.8) is 0 Å². The third-order valence-corrected chi connectivity index (χ3v) is 3.54. The van der Waals surface area contributed by atoms with E-state index in [9.17, 15) is 4.79 Å². The summed E-state index contributed by atoms with van der Waals surface area (Å²) in [6, 6.07) is 20.6. The van der Waals surface area contributed by atoms with Gasteiger partial charge in [0.15, 0.2) is 0 Å². The van der Waals surface area contributed by atoms with E-state index in [4.69, 9.17) is 11.6 Å². The molecule has 108 valence electrons. The van der Waals surface area contributed by atoms with Crippen LogP contribution in [0.3, 0.4) is 0 Å². The molecule has 0 heterocycles. The zero-order valence-electron chi connectivity index (χ0n) is 11.7. The molecule has 0 spiro atoms. The van der Waals surface area contributed by atoms with E-state index >= 15 is 0 Å². The van der Waals surface area contributed by atoms with Crippen molar-refractivity contribution in [1.82, 2.24) is 5.43 Å². The van der Waals surface area contributed by atoms with E-state index in [1.54, 1.807) is 24.4 Å². The Morgan fingerprint density at radius 2 is 1.68 bits per heavy atom. The maximum atomic E-state index is 12.3. The zero-order valence-corrected chi connectivity index (χ0v) is 12.4. The Morgan fingerprint density at radius 3 is 2.50 bits per heavy atom. The summed E-state index contributed by atoms with van der Waals surface area (Å²) in [6.45, 7) is 0. The molecule has 0 unspecified atom stereocenters. The first-order valence-electron chi connectivity index (χ1n) is 6.81. The Kier molecular flexibility index (Phi) is 4.17. The summed E-state index contributed by atoms with van der Waals surface area (Å²) >= 11 is 5.82. The van der Waals surface area contributed by atoms with Gasteiger partial charge in [0.2, 0.25) is 0 Å². The highest BCUT2D eigenvalue weighted by Crippen LogP contribution is 2.18. The van der Waals surface area contributed by atoms with Crippen LogP contribution in [0, 0.1) is 0 Å². The van der Waals surface area contributed by atoms with Gasteiger partial charge >= 0.3 is 0 Å². The molecule has 0 bridgehead atoms. The van der Waals surface area contributed by atoms with Crippen molar-refractivity contribution in [1.29, 1.82) is 0 Å². The Labute approximate surface area is 133 Å². The number of carbonyl (C=O) groups is 1. The zero-order chi connectivity index (χ0) is 15.4. The Bertz CT molecular complexity index is 836. The van der Waals surface area contributed by atoms with E-state index < -0.39 is 0 Å². The monoisotopic (exact) mass is 308 g/mol. The molecule has 0 fully saturated rings. The number of hydrogen-bond acceptors (Lipinski definition) is 2. The first kappa shape index (κ1) is 14.3. The highest BCUT2D eigenvalue weighted by atomic mass is 35.5. The van der Waals surface area contributed by atoms with Gasteiger partial charge in [-0.25, -0.2) is 5.43 Å². The van der Waals surface area contributed by atoms with Gasteiger partial charge in [-0.05, 0) is 34.5 Å². The fraction of sp³-hybridized carbons (Fsp3) is 0. The fourth-order valence-corrected chi connectivity index (χ4v) is 2.32. The molecule has 3 rings (SSSR count). The molecule has 0 radical (unpaired) electrons. The molecule has 4 heteroatoms. The Hall–Kier alpha value is -2.65. The summed E-state index contributed by atoms with van der Waals surface area (Å²) in [5.41, 5.74) is 4.02. The molecule has 3 aromatic carbocycles. The smallest absolute Gasteiger partial charge is 0.267 e. The lowest BCUT2D eigenvalue weighted by molar-refractivity contribution is 0.0957. The molecule has 0 aliphatic rings.